The lowest BCUT2D eigenvalue weighted by Gasteiger charge is -2.32. The van der Waals surface area contributed by atoms with Crippen LogP contribution in [0, 0.1) is 5.82 Å². The number of nitrogens with one attached hydrogen (secondary N) is 1. The normalized spacial score (nSPS) is 14.3. The molecule has 0 spiro atoms. The maximum atomic E-state index is 14.5. The van der Waals surface area contributed by atoms with Gasteiger partial charge in [-0.15, -0.1) is 0 Å². The van der Waals surface area contributed by atoms with Crippen LogP contribution in [-0.4, -0.2) is 36.4 Å². The number of rotatable bonds is 9. The van der Waals surface area contributed by atoms with E-state index in [0.717, 1.165) is 22.3 Å². The van der Waals surface area contributed by atoms with Crippen LogP contribution < -0.4 is 5.32 Å². The molecular weight excluding hydrogens is 518 g/mol. The summed E-state index contributed by atoms with van der Waals surface area (Å²) < 4.78 is 45.5. The Labute approximate surface area is 228 Å². The Morgan fingerprint density at radius 3 is 1.82 bits per heavy atom. The fourth-order valence-electron chi connectivity index (χ4n) is 4.58. The van der Waals surface area contributed by atoms with Gasteiger partial charge in [-0.25, -0.2) is 9.18 Å². The van der Waals surface area contributed by atoms with Gasteiger partial charge in [-0.3, -0.25) is 9.56 Å². The number of alkyl carbamates (subject to hydrolysis) is 1. The zero-order chi connectivity index (χ0) is 28.2. The van der Waals surface area contributed by atoms with Crippen molar-refractivity contribution in [2.24, 2.45) is 4.99 Å². The molecule has 0 fully saturated rings. The number of carbonyl (C=O) groups excluding carboxylic acids is 1. The highest BCUT2D eigenvalue weighted by Gasteiger charge is 2.44. The highest BCUT2D eigenvalue weighted by molar-refractivity contribution is 7.54. The molecule has 1 aliphatic carbocycles. The van der Waals surface area contributed by atoms with Gasteiger partial charge >= 0.3 is 13.7 Å². The monoisotopic (exact) mass is 552 g/mol. The van der Waals surface area contributed by atoms with Gasteiger partial charge in [-0.2, -0.15) is 0 Å². The standard InChI is InChI=1S/C30H34FN2O5P/c1-6-36-39(35,37-7-2)28(26(20-16-18-21(31)19-17-20)33-29(34)38-30(3,4)5)32-27-24-14-10-8-12-22(24)23-13-9-11-15-25(23)27/h8-19,26,28H,6-7H2,1-5H3,(H,33,34)/t26-,28-/m1/s1. The van der Waals surface area contributed by atoms with Crippen LogP contribution in [0.2, 0.25) is 0 Å². The summed E-state index contributed by atoms with van der Waals surface area (Å²) in [6.07, 6.45) is -0.742. The van der Waals surface area contributed by atoms with Crippen molar-refractivity contribution in [2.45, 2.75) is 52.0 Å². The van der Waals surface area contributed by atoms with Crippen LogP contribution in [-0.2, 0) is 18.3 Å². The molecule has 206 valence electrons. The van der Waals surface area contributed by atoms with Gasteiger partial charge in [-0.05, 0) is 63.4 Å². The van der Waals surface area contributed by atoms with Crippen molar-refractivity contribution < 1.29 is 27.5 Å². The van der Waals surface area contributed by atoms with Gasteiger partial charge in [0.05, 0.1) is 25.0 Å². The molecule has 4 rings (SSSR count). The molecule has 0 unspecified atom stereocenters. The zero-order valence-corrected chi connectivity index (χ0v) is 23.7. The van der Waals surface area contributed by atoms with Crippen molar-refractivity contribution in [1.82, 2.24) is 5.32 Å². The minimum atomic E-state index is -4.00. The number of amides is 1. The second kappa shape index (κ2) is 11.8. The number of ether oxygens (including phenoxy) is 1. The minimum absolute atomic E-state index is 0.0916. The number of hydrogen-bond acceptors (Lipinski definition) is 6. The van der Waals surface area contributed by atoms with Crippen molar-refractivity contribution >= 4 is 19.4 Å². The maximum Gasteiger partial charge on any atom is 0.408 e. The second-order valence-corrected chi connectivity index (χ2v) is 12.2. The number of nitrogens with zero attached hydrogens (tertiary/aromatic N) is 1. The van der Waals surface area contributed by atoms with Crippen LogP contribution in [0.5, 0.6) is 0 Å². The number of fused-ring (bicyclic) bond motifs is 3. The van der Waals surface area contributed by atoms with E-state index in [-0.39, 0.29) is 13.2 Å². The largest absolute Gasteiger partial charge is 0.444 e. The van der Waals surface area contributed by atoms with Crippen LogP contribution in [0.15, 0.2) is 77.8 Å². The second-order valence-electron chi connectivity index (χ2n) is 10.0. The van der Waals surface area contributed by atoms with E-state index in [9.17, 15) is 13.8 Å². The number of aliphatic imine (C=N–C) groups is 1. The third-order valence-corrected chi connectivity index (χ3v) is 8.36. The fraction of sp³-hybridized carbons (Fsp3) is 0.333. The average Bonchev–Trinajstić information content (AvgIpc) is 3.19. The summed E-state index contributed by atoms with van der Waals surface area (Å²) in [5.41, 5.74) is 3.99. The number of carbonyl (C=O) groups is 1. The topological polar surface area (TPSA) is 86.2 Å². The Bertz CT molecular complexity index is 1340. The highest BCUT2D eigenvalue weighted by atomic mass is 31.2. The van der Waals surface area contributed by atoms with E-state index in [2.05, 4.69) is 5.32 Å². The average molecular weight is 553 g/mol. The Balaban J connectivity index is 1.94. The number of halogens is 1. The Morgan fingerprint density at radius 1 is 0.872 bits per heavy atom. The number of hydrogen-bond donors (Lipinski definition) is 1. The summed E-state index contributed by atoms with van der Waals surface area (Å²) in [6, 6.07) is 20.2. The van der Waals surface area contributed by atoms with E-state index in [4.69, 9.17) is 18.8 Å². The Kier molecular flexibility index (Phi) is 8.70. The van der Waals surface area contributed by atoms with Crippen molar-refractivity contribution in [1.29, 1.82) is 0 Å². The van der Waals surface area contributed by atoms with E-state index in [1.54, 1.807) is 34.6 Å². The minimum Gasteiger partial charge on any atom is -0.444 e. The first kappa shape index (κ1) is 28.7. The molecule has 2 atom stereocenters. The van der Waals surface area contributed by atoms with Gasteiger partial charge in [0, 0.05) is 11.1 Å². The molecule has 1 N–H and O–H groups in total. The molecule has 39 heavy (non-hydrogen) atoms. The maximum absolute atomic E-state index is 14.5. The van der Waals surface area contributed by atoms with E-state index in [1.807, 2.05) is 48.5 Å². The third-order valence-electron chi connectivity index (χ3n) is 6.06. The van der Waals surface area contributed by atoms with Crippen LogP contribution in [0.1, 0.15) is 57.4 Å². The summed E-state index contributed by atoms with van der Waals surface area (Å²) in [7, 11) is -4.00. The third kappa shape index (κ3) is 6.47. The van der Waals surface area contributed by atoms with Crippen molar-refractivity contribution in [2.75, 3.05) is 13.2 Å². The molecule has 1 aliphatic rings. The molecule has 0 bridgehead atoms. The van der Waals surface area contributed by atoms with Crippen molar-refractivity contribution in [3.8, 4) is 11.1 Å². The zero-order valence-electron chi connectivity index (χ0n) is 22.8. The smallest absolute Gasteiger partial charge is 0.408 e. The Morgan fingerprint density at radius 2 is 1.36 bits per heavy atom. The van der Waals surface area contributed by atoms with Gasteiger partial charge in [0.2, 0.25) is 0 Å². The van der Waals surface area contributed by atoms with E-state index < -0.39 is 36.9 Å². The molecule has 3 aromatic carbocycles. The lowest BCUT2D eigenvalue weighted by atomic mass is 10.1. The summed E-state index contributed by atoms with van der Waals surface area (Å²) >= 11 is 0. The van der Waals surface area contributed by atoms with Crippen LogP contribution in [0.4, 0.5) is 9.18 Å². The van der Waals surface area contributed by atoms with Gasteiger partial charge in [0.25, 0.3) is 0 Å². The van der Waals surface area contributed by atoms with E-state index in [1.165, 1.54) is 24.3 Å². The molecule has 7 nitrogen and oxygen atoms in total. The first-order chi connectivity index (χ1) is 18.6. The first-order valence-corrected chi connectivity index (χ1v) is 14.6. The molecule has 0 saturated heterocycles. The first-order valence-electron chi connectivity index (χ1n) is 13.0. The number of benzene rings is 3. The lowest BCUT2D eigenvalue weighted by Crippen LogP contribution is -2.40. The summed E-state index contributed by atoms with van der Waals surface area (Å²) in [4.78, 5) is 18.1. The summed E-state index contributed by atoms with van der Waals surface area (Å²) in [5.74, 6) is -1.67. The molecule has 9 heteroatoms. The molecule has 0 aromatic heterocycles. The molecule has 0 heterocycles. The molecule has 3 aromatic rings. The Hall–Kier alpha value is -3.32. The van der Waals surface area contributed by atoms with Crippen LogP contribution in [0.25, 0.3) is 11.1 Å². The molecule has 1 amide bonds. The summed E-state index contributed by atoms with van der Waals surface area (Å²) in [6.45, 7) is 8.84. The quantitative estimate of drug-likeness (QED) is 0.217. The van der Waals surface area contributed by atoms with Crippen LogP contribution >= 0.6 is 7.60 Å². The SMILES string of the molecule is CCOP(=O)(OCC)[C@@H](N=C1c2ccccc2-c2ccccc21)[C@H](NC(=O)OC(C)(C)C)c1ccc(F)cc1. The van der Waals surface area contributed by atoms with Crippen molar-refractivity contribution in [3.63, 3.8) is 0 Å². The molecule has 0 radical (unpaired) electrons. The van der Waals surface area contributed by atoms with Gasteiger partial charge in [0.1, 0.15) is 11.4 Å². The molecule has 0 saturated carbocycles. The van der Waals surface area contributed by atoms with Crippen LogP contribution in [0.3, 0.4) is 0 Å². The lowest BCUT2D eigenvalue weighted by molar-refractivity contribution is 0.0500. The predicted molar refractivity (Wildman–Crippen MR) is 151 cm³/mol. The van der Waals surface area contributed by atoms with Gasteiger partial charge in [0.15, 0.2) is 5.78 Å². The highest BCUT2D eigenvalue weighted by Crippen LogP contribution is 2.58. The van der Waals surface area contributed by atoms with E-state index in [0.29, 0.717) is 11.3 Å². The van der Waals surface area contributed by atoms with E-state index >= 15 is 0 Å². The fourth-order valence-corrected chi connectivity index (χ4v) is 6.55. The van der Waals surface area contributed by atoms with Gasteiger partial charge < -0.3 is 19.1 Å². The predicted octanol–water partition coefficient (Wildman–Crippen LogP) is 7.50. The molecule has 0 aliphatic heterocycles. The molecular formula is C30H34FN2O5P. The van der Waals surface area contributed by atoms with Crippen molar-refractivity contribution in [3.05, 3.63) is 95.3 Å². The summed E-state index contributed by atoms with van der Waals surface area (Å²) in [5, 5.41) is 2.83. The van der Waals surface area contributed by atoms with Gasteiger partial charge in [-0.1, -0.05) is 60.7 Å².